The average molecular weight is 430 g/mol. The number of allylic oxidation sites excluding steroid dienone is 1. The number of aliphatic hydroxyl groups excluding tert-OH is 1. The van der Waals surface area contributed by atoms with Crippen LogP contribution in [-0.4, -0.2) is 11.8 Å². The molecule has 0 spiro atoms. The van der Waals surface area contributed by atoms with E-state index in [1.165, 1.54) is 5.56 Å². The average Bonchev–Trinajstić information content (AvgIpc) is 2.61. The van der Waals surface area contributed by atoms with Crippen LogP contribution < -0.4 is 0 Å². The Kier molecular flexibility index (Phi) is 8.79. The Morgan fingerprint density at radius 2 is 1.47 bits per heavy atom. The SMILES string of the molecule is C=C(O)C(C(C)C(C)(C)C(C#N)C(C)C(C)(C)C(PC)c1ccccc1)C(C)(C)C. The van der Waals surface area contributed by atoms with Crippen LogP contribution in [0.15, 0.2) is 42.7 Å². The first kappa shape index (κ1) is 26.7. The molecule has 0 saturated heterocycles. The number of nitrogens with zero attached hydrogens (tertiary/aromatic N) is 1. The standard InChI is InChI=1S/C27H44NOP/c1-18(27(9,10)24(30-11)21-15-13-12-14-16-21)22(17-28)26(7,8)19(2)23(20(3)29)25(4,5)6/h12-16,18-19,22-24,29-30H,3H2,1-2,4-11H3. The van der Waals surface area contributed by atoms with Gasteiger partial charge < -0.3 is 5.11 Å². The van der Waals surface area contributed by atoms with E-state index in [2.05, 4.69) is 112 Å². The molecule has 6 unspecified atom stereocenters. The molecule has 0 bridgehead atoms. The lowest BCUT2D eigenvalue weighted by molar-refractivity contribution is 0.00445. The van der Waals surface area contributed by atoms with Crippen molar-refractivity contribution in [1.29, 1.82) is 5.26 Å². The van der Waals surface area contributed by atoms with Crippen LogP contribution in [0.25, 0.3) is 0 Å². The van der Waals surface area contributed by atoms with Gasteiger partial charge in [-0.05, 0) is 40.3 Å². The lowest BCUT2D eigenvalue weighted by Crippen LogP contribution is -2.45. The third-order valence-corrected chi connectivity index (χ3v) is 9.40. The van der Waals surface area contributed by atoms with Crippen molar-refractivity contribution in [2.24, 2.45) is 39.9 Å². The van der Waals surface area contributed by atoms with E-state index in [1.54, 1.807) is 0 Å². The van der Waals surface area contributed by atoms with Crippen LogP contribution in [0.5, 0.6) is 0 Å². The highest BCUT2D eigenvalue weighted by atomic mass is 31.1. The molecule has 6 atom stereocenters. The molecule has 0 radical (unpaired) electrons. The smallest absolute Gasteiger partial charge is 0.0890 e. The first-order valence-electron chi connectivity index (χ1n) is 11.1. The van der Waals surface area contributed by atoms with Gasteiger partial charge in [0.25, 0.3) is 0 Å². The number of rotatable bonds is 9. The summed E-state index contributed by atoms with van der Waals surface area (Å²) in [5, 5.41) is 20.8. The summed E-state index contributed by atoms with van der Waals surface area (Å²) in [6, 6.07) is 13.4. The summed E-state index contributed by atoms with van der Waals surface area (Å²) in [7, 11) is 0.761. The van der Waals surface area contributed by atoms with Crippen LogP contribution in [-0.2, 0) is 0 Å². The van der Waals surface area contributed by atoms with Gasteiger partial charge in [0.2, 0.25) is 0 Å². The fourth-order valence-electron chi connectivity index (χ4n) is 5.48. The highest BCUT2D eigenvalue weighted by molar-refractivity contribution is 7.37. The van der Waals surface area contributed by atoms with Gasteiger partial charge in [-0.15, -0.1) is 8.58 Å². The fraction of sp³-hybridized carbons (Fsp3) is 0.667. The second-order valence-electron chi connectivity index (χ2n) is 11.3. The van der Waals surface area contributed by atoms with E-state index in [9.17, 15) is 10.4 Å². The highest BCUT2D eigenvalue weighted by Gasteiger charge is 2.49. The Morgan fingerprint density at radius 3 is 1.83 bits per heavy atom. The molecular weight excluding hydrogens is 385 g/mol. The van der Waals surface area contributed by atoms with Gasteiger partial charge in [0.1, 0.15) is 0 Å². The van der Waals surface area contributed by atoms with Crippen molar-refractivity contribution in [3.8, 4) is 6.07 Å². The quantitative estimate of drug-likeness (QED) is 0.317. The molecule has 0 heterocycles. The zero-order valence-corrected chi connectivity index (χ0v) is 21.9. The molecule has 30 heavy (non-hydrogen) atoms. The van der Waals surface area contributed by atoms with Gasteiger partial charge in [-0.2, -0.15) is 5.26 Å². The Morgan fingerprint density at radius 1 is 0.967 bits per heavy atom. The molecule has 1 aromatic rings. The summed E-state index contributed by atoms with van der Waals surface area (Å²) in [6.45, 7) is 26.1. The summed E-state index contributed by atoms with van der Waals surface area (Å²) in [5.41, 5.74) is 1.31. The predicted octanol–water partition coefficient (Wildman–Crippen LogP) is 8.23. The Labute approximate surface area is 188 Å². The molecule has 3 heteroatoms. The van der Waals surface area contributed by atoms with Gasteiger partial charge in [0, 0.05) is 11.6 Å². The molecule has 0 amide bonds. The molecule has 0 aliphatic carbocycles. The number of nitriles is 1. The third-order valence-electron chi connectivity index (χ3n) is 7.75. The second kappa shape index (κ2) is 9.87. The minimum Gasteiger partial charge on any atom is -0.513 e. The lowest BCUT2D eigenvalue weighted by atomic mass is 9.55. The summed E-state index contributed by atoms with van der Waals surface area (Å²) in [5.74, 6) is 0.303. The molecule has 1 N–H and O–H groups in total. The largest absolute Gasteiger partial charge is 0.513 e. The van der Waals surface area contributed by atoms with E-state index in [1.807, 2.05) is 0 Å². The monoisotopic (exact) mass is 429 g/mol. The molecular formula is C27H44NOP. The highest BCUT2D eigenvalue weighted by Crippen LogP contribution is 2.57. The van der Waals surface area contributed by atoms with Crippen LogP contribution >= 0.6 is 8.58 Å². The molecule has 0 aromatic heterocycles. The molecule has 0 saturated carbocycles. The van der Waals surface area contributed by atoms with Crippen LogP contribution in [0.2, 0.25) is 0 Å². The molecule has 2 nitrogen and oxygen atoms in total. The number of hydrogen-bond acceptors (Lipinski definition) is 2. The molecule has 1 aromatic carbocycles. The third kappa shape index (κ3) is 5.48. The lowest BCUT2D eigenvalue weighted by Gasteiger charge is -2.50. The van der Waals surface area contributed by atoms with Gasteiger partial charge in [-0.25, -0.2) is 0 Å². The van der Waals surface area contributed by atoms with E-state index in [4.69, 9.17) is 0 Å². The van der Waals surface area contributed by atoms with E-state index < -0.39 is 0 Å². The van der Waals surface area contributed by atoms with E-state index in [0.717, 1.165) is 8.58 Å². The van der Waals surface area contributed by atoms with Crippen molar-refractivity contribution in [3.05, 3.63) is 48.2 Å². The van der Waals surface area contributed by atoms with Crippen LogP contribution in [0, 0.1) is 51.2 Å². The van der Waals surface area contributed by atoms with Crippen molar-refractivity contribution in [1.82, 2.24) is 0 Å². The van der Waals surface area contributed by atoms with Crippen molar-refractivity contribution < 1.29 is 5.11 Å². The van der Waals surface area contributed by atoms with Crippen LogP contribution in [0.1, 0.15) is 73.5 Å². The molecule has 168 valence electrons. The summed E-state index contributed by atoms with van der Waals surface area (Å²) in [4.78, 5) is 0. The van der Waals surface area contributed by atoms with Crippen LogP contribution in [0.4, 0.5) is 0 Å². The topological polar surface area (TPSA) is 44.0 Å². The predicted molar refractivity (Wildman–Crippen MR) is 133 cm³/mol. The van der Waals surface area contributed by atoms with Crippen molar-refractivity contribution in [3.63, 3.8) is 0 Å². The minimum atomic E-state index is -0.285. The van der Waals surface area contributed by atoms with Gasteiger partial charge >= 0.3 is 0 Å². The molecule has 0 aliphatic rings. The minimum absolute atomic E-state index is 0.0423. The van der Waals surface area contributed by atoms with Crippen molar-refractivity contribution in [2.75, 3.05) is 6.66 Å². The van der Waals surface area contributed by atoms with Gasteiger partial charge in [-0.1, -0.05) is 99.2 Å². The molecule has 1 rings (SSSR count). The normalized spacial score (nSPS) is 18.4. The summed E-state index contributed by atoms with van der Waals surface area (Å²) in [6.07, 6.45) is 0. The summed E-state index contributed by atoms with van der Waals surface area (Å²) >= 11 is 0. The zero-order chi connectivity index (χ0) is 23.5. The van der Waals surface area contributed by atoms with Crippen molar-refractivity contribution >= 4 is 8.58 Å². The Bertz CT molecular complexity index is 738. The fourth-order valence-corrected chi connectivity index (χ4v) is 7.01. The van der Waals surface area contributed by atoms with Crippen molar-refractivity contribution in [2.45, 2.75) is 68.0 Å². The van der Waals surface area contributed by atoms with Crippen LogP contribution in [0.3, 0.4) is 0 Å². The molecule has 0 fully saturated rings. The number of hydrogen-bond donors (Lipinski definition) is 1. The van der Waals surface area contributed by atoms with Gasteiger partial charge in [-0.3, -0.25) is 0 Å². The Hall–Kier alpha value is -1.32. The maximum absolute atomic E-state index is 10.4. The maximum Gasteiger partial charge on any atom is 0.0890 e. The van der Waals surface area contributed by atoms with Gasteiger partial charge in [0.05, 0.1) is 17.7 Å². The first-order chi connectivity index (χ1) is 13.6. The second-order valence-corrected chi connectivity index (χ2v) is 12.4. The number of benzene rings is 1. The maximum atomic E-state index is 10.4. The van der Waals surface area contributed by atoms with E-state index >= 15 is 0 Å². The zero-order valence-electron chi connectivity index (χ0n) is 20.9. The van der Waals surface area contributed by atoms with E-state index in [0.29, 0.717) is 5.66 Å². The van der Waals surface area contributed by atoms with E-state index in [-0.39, 0.29) is 45.7 Å². The first-order valence-corrected chi connectivity index (χ1v) is 12.7. The number of aliphatic hydroxyl groups is 1. The molecule has 0 aliphatic heterocycles. The summed E-state index contributed by atoms with van der Waals surface area (Å²) < 4.78 is 0. The Balaban J connectivity index is 3.37. The van der Waals surface area contributed by atoms with Gasteiger partial charge in [0.15, 0.2) is 0 Å².